The van der Waals surface area contributed by atoms with Gasteiger partial charge in [-0.25, -0.2) is 0 Å². The van der Waals surface area contributed by atoms with Crippen LogP contribution in [0.5, 0.6) is 0 Å². The van der Waals surface area contributed by atoms with Crippen molar-refractivity contribution in [3.63, 3.8) is 0 Å². The zero-order valence-corrected chi connectivity index (χ0v) is 14.4. The monoisotopic (exact) mass is 309 g/mol. The second kappa shape index (κ2) is 12.1. The van der Waals surface area contributed by atoms with Crippen LogP contribution in [-0.2, 0) is 6.42 Å². The summed E-state index contributed by atoms with van der Waals surface area (Å²) in [5, 5.41) is 0.797. The smallest absolute Gasteiger partial charge is 0.0406 e. The fraction of sp³-hybridized carbons (Fsp3) is 0.684. The first-order valence-electron chi connectivity index (χ1n) is 8.72. The van der Waals surface area contributed by atoms with Gasteiger partial charge in [-0.05, 0) is 30.5 Å². The molecule has 1 unspecified atom stereocenters. The van der Waals surface area contributed by atoms with E-state index in [1.807, 2.05) is 12.1 Å². The first-order valence-corrected chi connectivity index (χ1v) is 9.10. The Bertz CT molecular complexity index is 347. The number of hydrogen-bond donors (Lipinski definition) is 1. The van der Waals surface area contributed by atoms with Crippen LogP contribution in [0.2, 0.25) is 5.02 Å². The highest BCUT2D eigenvalue weighted by Gasteiger charge is 2.04. The second-order valence-corrected chi connectivity index (χ2v) is 6.64. The summed E-state index contributed by atoms with van der Waals surface area (Å²) >= 11 is 5.89. The van der Waals surface area contributed by atoms with Crippen LogP contribution in [-0.4, -0.2) is 6.04 Å². The molecule has 0 saturated carbocycles. The van der Waals surface area contributed by atoms with E-state index >= 15 is 0 Å². The van der Waals surface area contributed by atoms with Gasteiger partial charge in [-0.1, -0.05) is 88.4 Å². The number of nitrogens with two attached hydrogens (primary N) is 1. The lowest BCUT2D eigenvalue weighted by Gasteiger charge is -2.11. The Labute approximate surface area is 136 Å². The molecular weight excluding hydrogens is 278 g/mol. The van der Waals surface area contributed by atoms with Crippen LogP contribution in [0.1, 0.15) is 76.7 Å². The molecule has 0 heterocycles. The number of rotatable bonds is 12. The van der Waals surface area contributed by atoms with Gasteiger partial charge in [0.15, 0.2) is 0 Å². The highest BCUT2D eigenvalue weighted by molar-refractivity contribution is 6.30. The van der Waals surface area contributed by atoms with E-state index < -0.39 is 0 Å². The molecular formula is C19H32ClN. The Morgan fingerprint density at radius 1 is 0.857 bits per heavy atom. The summed E-state index contributed by atoms with van der Waals surface area (Å²) in [4.78, 5) is 0. The summed E-state index contributed by atoms with van der Waals surface area (Å²) in [6.07, 6.45) is 14.5. The van der Waals surface area contributed by atoms with Crippen molar-refractivity contribution in [2.24, 2.45) is 5.73 Å². The zero-order chi connectivity index (χ0) is 15.3. The van der Waals surface area contributed by atoms with Crippen molar-refractivity contribution >= 4 is 11.6 Å². The highest BCUT2D eigenvalue weighted by Crippen LogP contribution is 2.14. The average Bonchev–Trinajstić information content (AvgIpc) is 2.48. The predicted octanol–water partition coefficient (Wildman–Crippen LogP) is 6.13. The molecule has 1 aromatic rings. The highest BCUT2D eigenvalue weighted by atomic mass is 35.5. The Hall–Kier alpha value is -0.530. The fourth-order valence-corrected chi connectivity index (χ4v) is 2.87. The normalized spacial score (nSPS) is 12.5. The predicted molar refractivity (Wildman–Crippen MR) is 95.0 cm³/mol. The minimum absolute atomic E-state index is 0.288. The van der Waals surface area contributed by atoms with Gasteiger partial charge in [0.1, 0.15) is 0 Å². The molecule has 0 aliphatic carbocycles. The Kier molecular flexibility index (Phi) is 10.6. The van der Waals surface area contributed by atoms with Crippen LogP contribution in [0.25, 0.3) is 0 Å². The lowest BCUT2D eigenvalue weighted by molar-refractivity contribution is 0.522. The first kappa shape index (κ1) is 18.5. The summed E-state index contributed by atoms with van der Waals surface area (Å²) in [7, 11) is 0. The summed E-state index contributed by atoms with van der Waals surface area (Å²) in [6.45, 7) is 2.27. The fourth-order valence-electron chi connectivity index (χ4n) is 2.74. The molecule has 0 bridgehead atoms. The molecule has 0 radical (unpaired) electrons. The van der Waals surface area contributed by atoms with Gasteiger partial charge in [0.25, 0.3) is 0 Å². The molecule has 0 saturated heterocycles. The van der Waals surface area contributed by atoms with E-state index in [0.29, 0.717) is 0 Å². The minimum Gasteiger partial charge on any atom is -0.327 e. The molecule has 2 heteroatoms. The van der Waals surface area contributed by atoms with E-state index in [1.54, 1.807) is 0 Å². The largest absolute Gasteiger partial charge is 0.327 e. The van der Waals surface area contributed by atoms with Crippen molar-refractivity contribution in [2.45, 2.75) is 83.6 Å². The third-order valence-corrected chi connectivity index (χ3v) is 4.34. The zero-order valence-electron chi connectivity index (χ0n) is 13.6. The van der Waals surface area contributed by atoms with Gasteiger partial charge >= 0.3 is 0 Å². The van der Waals surface area contributed by atoms with Crippen molar-refractivity contribution in [1.82, 2.24) is 0 Å². The van der Waals surface area contributed by atoms with Crippen molar-refractivity contribution in [3.05, 3.63) is 34.9 Å². The van der Waals surface area contributed by atoms with Gasteiger partial charge in [-0.15, -0.1) is 0 Å². The van der Waals surface area contributed by atoms with E-state index in [9.17, 15) is 0 Å². The molecule has 2 N–H and O–H groups in total. The molecule has 0 fully saturated rings. The lowest BCUT2D eigenvalue weighted by Crippen LogP contribution is -2.22. The van der Waals surface area contributed by atoms with Gasteiger partial charge in [0.2, 0.25) is 0 Å². The van der Waals surface area contributed by atoms with Gasteiger partial charge in [-0.3, -0.25) is 0 Å². The van der Waals surface area contributed by atoms with Gasteiger partial charge in [-0.2, -0.15) is 0 Å². The molecule has 1 aromatic carbocycles. The number of benzene rings is 1. The standard InChI is InChI=1S/C19H32ClN/c1-2-3-4-5-6-7-8-9-10-11-19(21)16-17-12-14-18(20)15-13-17/h12-15,19H,2-11,16,21H2,1H3. The number of hydrogen-bond acceptors (Lipinski definition) is 1. The van der Waals surface area contributed by atoms with Crippen LogP contribution in [0.4, 0.5) is 0 Å². The summed E-state index contributed by atoms with van der Waals surface area (Å²) in [6, 6.07) is 8.34. The SMILES string of the molecule is CCCCCCCCCCCC(N)Cc1ccc(Cl)cc1. The molecule has 0 spiro atoms. The van der Waals surface area contributed by atoms with Crippen LogP contribution < -0.4 is 5.73 Å². The van der Waals surface area contributed by atoms with E-state index in [2.05, 4.69) is 19.1 Å². The van der Waals surface area contributed by atoms with Crippen molar-refractivity contribution in [3.8, 4) is 0 Å². The molecule has 0 aliphatic heterocycles. The number of unbranched alkanes of at least 4 members (excludes halogenated alkanes) is 8. The quantitative estimate of drug-likeness (QED) is 0.462. The van der Waals surface area contributed by atoms with E-state index in [4.69, 9.17) is 17.3 Å². The molecule has 1 nitrogen and oxygen atoms in total. The van der Waals surface area contributed by atoms with Gasteiger partial charge < -0.3 is 5.73 Å². The van der Waals surface area contributed by atoms with Crippen LogP contribution >= 0.6 is 11.6 Å². The van der Waals surface area contributed by atoms with Crippen LogP contribution in [0, 0.1) is 0 Å². The second-order valence-electron chi connectivity index (χ2n) is 6.21. The average molecular weight is 310 g/mol. The number of halogens is 1. The topological polar surface area (TPSA) is 26.0 Å². The molecule has 0 aliphatic rings. The third-order valence-electron chi connectivity index (χ3n) is 4.09. The van der Waals surface area contributed by atoms with Crippen molar-refractivity contribution < 1.29 is 0 Å². The van der Waals surface area contributed by atoms with E-state index in [-0.39, 0.29) is 6.04 Å². The maximum atomic E-state index is 6.21. The molecule has 0 aromatic heterocycles. The maximum absolute atomic E-state index is 6.21. The molecule has 1 rings (SSSR count). The molecule has 120 valence electrons. The summed E-state index contributed by atoms with van der Waals surface area (Å²) < 4.78 is 0. The summed E-state index contributed by atoms with van der Waals surface area (Å²) in [5.41, 5.74) is 7.50. The molecule has 0 amide bonds. The molecule has 21 heavy (non-hydrogen) atoms. The Morgan fingerprint density at radius 2 is 1.38 bits per heavy atom. The minimum atomic E-state index is 0.288. The van der Waals surface area contributed by atoms with Crippen LogP contribution in [0.15, 0.2) is 24.3 Å². The lowest BCUT2D eigenvalue weighted by atomic mass is 10.00. The van der Waals surface area contributed by atoms with E-state index in [0.717, 1.165) is 17.9 Å². The van der Waals surface area contributed by atoms with E-state index in [1.165, 1.54) is 63.4 Å². The third kappa shape index (κ3) is 9.92. The maximum Gasteiger partial charge on any atom is 0.0406 e. The van der Waals surface area contributed by atoms with Gasteiger partial charge in [0, 0.05) is 11.1 Å². The van der Waals surface area contributed by atoms with Gasteiger partial charge in [0.05, 0.1) is 0 Å². The molecule has 1 atom stereocenters. The Morgan fingerprint density at radius 3 is 1.95 bits per heavy atom. The summed E-state index contributed by atoms with van der Waals surface area (Å²) in [5.74, 6) is 0. The Balaban J connectivity index is 1.96. The van der Waals surface area contributed by atoms with Crippen molar-refractivity contribution in [1.29, 1.82) is 0 Å². The first-order chi connectivity index (χ1) is 10.2. The van der Waals surface area contributed by atoms with Crippen molar-refractivity contribution in [2.75, 3.05) is 0 Å². The van der Waals surface area contributed by atoms with Crippen LogP contribution in [0.3, 0.4) is 0 Å².